The number of sulfonamides is 1. The van der Waals surface area contributed by atoms with Crippen LogP contribution >= 0.6 is 23.1 Å². The van der Waals surface area contributed by atoms with Crippen molar-refractivity contribution in [3.05, 3.63) is 28.8 Å². The fraction of sp³-hybridized carbons (Fsp3) is 0.529. The Morgan fingerprint density at radius 1 is 1.31 bits per heavy atom. The Morgan fingerprint density at radius 2 is 2.12 bits per heavy atom. The van der Waals surface area contributed by atoms with Gasteiger partial charge in [0.25, 0.3) is 0 Å². The van der Waals surface area contributed by atoms with Gasteiger partial charge in [0.1, 0.15) is 10.8 Å². The van der Waals surface area contributed by atoms with Crippen molar-refractivity contribution >= 4 is 33.1 Å². The van der Waals surface area contributed by atoms with Gasteiger partial charge in [-0.05, 0) is 49.4 Å². The number of hydrogen-bond acceptors (Lipinski definition) is 7. The zero-order valence-electron chi connectivity index (χ0n) is 14.6. The molecule has 0 N–H and O–H groups in total. The summed E-state index contributed by atoms with van der Waals surface area (Å²) < 4.78 is 34.0. The second kappa shape index (κ2) is 7.46. The first-order valence-electron chi connectivity index (χ1n) is 8.71. The fourth-order valence-corrected chi connectivity index (χ4v) is 6.86. The van der Waals surface area contributed by atoms with E-state index in [1.165, 1.54) is 0 Å². The first-order chi connectivity index (χ1) is 12.5. The van der Waals surface area contributed by atoms with Crippen LogP contribution in [0.5, 0.6) is 5.75 Å². The molecule has 0 atom stereocenters. The number of rotatable bonds is 5. The Morgan fingerprint density at radius 3 is 2.85 bits per heavy atom. The van der Waals surface area contributed by atoms with Crippen LogP contribution in [-0.2, 0) is 16.4 Å². The van der Waals surface area contributed by atoms with Crippen molar-refractivity contribution in [2.75, 3.05) is 25.4 Å². The normalized spacial score (nSPS) is 18.7. The van der Waals surface area contributed by atoms with Gasteiger partial charge >= 0.3 is 0 Å². The molecule has 0 unspecified atom stereocenters. The summed E-state index contributed by atoms with van der Waals surface area (Å²) in [5.41, 5.74) is 0.990. The number of aromatic nitrogens is 2. The molecule has 2 aromatic rings. The van der Waals surface area contributed by atoms with E-state index in [1.807, 2.05) is 6.92 Å². The van der Waals surface area contributed by atoms with Crippen LogP contribution in [0.15, 0.2) is 27.4 Å². The average Bonchev–Trinajstić information content (AvgIpc) is 3.28. The molecule has 0 bridgehead atoms. The number of fused-ring (bicyclic) bond motifs is 1. The molecule has 1 fully saturated rings. The number of ether oxygens (including phenoxy) is 1. The van der Waals surface area contributed by atoms with Crippen LogP contribution in [0, 0.1) is 12.8 Å². The number of thioether (sulfide) groups is 1. The van der Waals surface area contributed by atoms with E-state index in [-0.39, 0.29) is 0 Å². The SMILES string of the molecule is Cc1nnc(SCC2CCN(S(=O)(=O)c3ccc4c(c3)CCO4)CC2)s1. The summed E-state index contributed by atoms with van der Waals surface area (Å²) in [5.74, 6) is 2.30. The van der Waals surface area contributed by atoms with Crippen LogP contribution in [0.1, 0.15) is 23.4 Å². The molecular formula is C17H21N3O3S3. The molecule has 3 heterocycles. The molecule has 0 radical (unpaired) electrons. The third kappa shape index (κ3) is 3.76. The van der Waals surface area contributed by atoms with E-state index in [1.54, 1.807) is 45.6 Å². The lowest BCUT2D eigenvalue weighted by Crippen LogP contribution is -2.38. The van der Waals surface area contributed by atoms with Gasteiger partial charge in [0.05, 0.1) is 11.5 Å². The smallest absolute Gasteiger partial charge is 0.243 e. The Balaban J connectivity index is 1.36. The number of piperidine rings is 1. The summed E-state index contributed by atoms with van der Waals surface area (Å²) >= 11 is 3.34. The zero-order chi connectivity index (χ0) is 18.1. The highest BCUT2D eigenvalue weighted by atomic mass is 32.2. The molecule has 1 saturated heterocycles. The largest absolute Gasteiger partial charge is 0.493 e. The zero-order valence-corrected chi connectivity index (χ0v) is 17.0. The molecule has 1 aromatic carbocycles. The molecular weight excluding hydrogens is 390 g/mol. The Kier molecular flexibility index (Phi) is 5.22. The van der Waals surface area contributed by atoms with Crippen LogP contribution in [0.4, 0.5) is 0 Å². The van der Waals surface area contributed by atoms with Crippen molar-refractivity contribution in [1.82, 2.24) is 14.5 Å². The topological polar surface area (TPSA) is 72.4 Å². The molecule has 2 aliphatic rings. The maximum atomic E-state index is 12.9. The minimum Gasteiger partial charge on any atom is -0.493 e. The van der Waals surface area contributed by atoms with E-state index in [0.717, 1.165) is 45.7 Å². The molecule has 0 spiro atoms. The molecule has 0 aliphatic carbocycles. The van der Waals surface area contributed by atoms with Gasteiger partial charge in [-0.2, -0.15) is 4.31 Å². The Bertz CT molecular complexity index is 890. The van der Waals surface area contributed by atoms with Gasteiger partial charge in [-0.25, -0.2) is 8.42 Å². The lowest BCUT2D eigenvalue weighted by Gasteiger charge is -2.31. The van der Waals surface area contributed by atoms with E-state index in [4.69, 9.17) is 4.74 Å². The maximum absolute atomic E-state index is 12.9. The molecule has 2 aliphatic heterocycles. The summed E-state index contributed by atoms with van der Waals surface area (Å²) in [6.07, 6.45) is 2.55. The third-order valence-electron chi connectivity index (χ3n) is 4.82. The van der Waals surface area contributed by atoms with Crippen molar-refractivity contribution in [2.24, 2.45) is 5.92 Å². The van der Waals surface area contributed by atoms with Crippen molar-refractivity contribution in [3.63, 3.8) is 0 Å². The van der Waals surface area contributed by atoms with Crippen LogP contribution < -0.4 is 4.74 Å². The Hall–Kier alpha value is -1.16. The minimum absolute atomic E-state index is 0.388. The van der Waals surface area contributed by atoms with Gasteiger partial charge in [0.15, 0.2) is 4.34 Å². The van der Waals surface area contributed by atoms with Crippen molar-refractivity contribution in [3.8, 4) is 5.75 Å². The predicted molar refractivity (Wildman–Crippen MR) is 102 cm³/mol. The molecule has 6 nitrogen and oxygen atoms in total. The van der Waals surface area contributed by atoms with Crippen LogP contribution in [0.3, 0.4) is 0 Å². The second-order valence-corrected chi connectivity index (χ2v) is 11.0. The molecule has 9 heteroatoms. The third-order valence-corrected chi connectivity index (χ3v) is 8.92. The van der Waals surface area contributed by atoms with Gasteiger partial charge in [0, 0.05) is 25.3 Å². The highest BCUT2D eigenvalue weighted by Gasteiger charge is 2.30. The van der Waals surface area contributed by atoms with Crippen molar-refractivity contribution < 1.29 is 13.2 Å². The van der Waals surface area contributed by atoms with E-state index < -0.39 is 10.0 Å². The number of aryl methyl sites for hydroxylation is 1. The molecule has 26 heavy (non-hydrogen) atoms. The first-order valence-corrected chi connectivity index (χ1v) is 12.0. The van der Waals surface area contributed by atoms with Gasteiger partial charge in [-0.3, -0.25) is 0 Å². The minimum atomic E-state index is -3.42. The summed E-state index contributed by atoms with van der Waals surface area (Å²) in [5, 5.41) is 9.15. The van der Waals surface area contributed by atoms with Crippen LogP contribution in [-0.4, -0.2) is 48.4 Å². The monoisotopic (exact) mass is 411 g/mol. The quantitative estimate of drug-likeness (QED) is 0.705. The highest BCUT2D eigenvalue weighted by molar-refractivity contribution is 8.01. The van der Waals surface area contributed by atoms with Crippen LogP contribution in [0.2, 0.25) is 0 Å². The summed E-state index contributed by atoms with van der Waals surface area (Å²) in [6.45, 7) is 3.75. The molecule has 4 rings (SSSR count). The first kappa shape index (κ1) is 18.2. The number of nitrogens with zero attached hydrogens (tertiary/aromatic N) is 3. The summed E-state index contributed by atoms with van der Waals surface area (Å²) in [7, 11) is -3.42. The fourth-order valence-electron chi connectivity index (χ4n) is 3.31. The number of hydrogen-bond donors (Lipinski definition) is 0. The summed E-state index contributed by atoms with van der Waals surface area (Å²) in [4.78, 5) is 0.388. The maximum Gasteiger partial charge on any atom is 0.243 e. The van der Waals surface area contributed by atoms with Crippen molar-refractivity contribution in [1.29, 1.82) is 0 Å². The van der Waals surface area contributed by atoms with E-state index in [9.17, 15) is 8.42 Å². The highest BCUT2D eigenvalue weighted by Crippen LogP contribution is 2.32. The van der Waals surface area contributed by atoms with Gasteiger partial charge < -0.3 is 4.74 Å². The molecule has 0 saturated carbocycles. The second-order valence-electron chi connectivity index (χ2n) is 6.61. The van der Waals surface area contributed by atoms with Gasteiger partial charge in [-0.1, -0.05) is 23.1 Å². The Labute approximate surface area is 162 Å². The molecule has 140 valence electrons. The lowest BCUT2D eigenvalue weighted by atomic mass is 10.0. The van der Waals surface area contributed by atoms with Gasteiger partial charge in [0.2, 0.25) is 10.0 Å². The number of benzene rings is 1. The average molecular weight is 412 g/mol. The lowest BCUT2D eigenvalue weighted by molar-refractivity contribution is 0.291. The van der Waals surface area contributed by atoms with Crippen LogP contribution in [0.25, 0.3) is 0 Å². The van der Waals surface area contributed by atoms with E-state index in [0.29, 0.717) is 30.5 Å². The van der Waals surface area contributed by atoms with E-state index in [2.05, 4.69) is 10.2 Å². The van der Waals surface area contributed by atoms with E-state index >= 15 is 0 Å². The standard InChI is InChI=1S/C17H21N3O3S3/c1-12-18-19-17(25-12)24-11-13-4-7-20(8-5-13)26(21,22)15-2-3-16-14(10-15)6-9-23-16/h2-3,10,13H,4-9,11H2,1H3. The summed E-state index contributed by atoms with van der Waals surface area (Å²) in [6, 6.07) is 5.22. The molecule has 0 amide bonds. The molecule has 1 aromatic heterocycles. The predicted octanol–water partition coefficient (Wildman–Crippen LogP) is 2.97. The van der Waals surface area contributed by atoms with Gasteiger partial charge in [-0.15, -0.1) is 10.2 Å². The van der Waals surface area contributed by atoms with Crippen molar-refractivity contribution in [2.45, 2.75) is 35.4 Å².